The summed E-state index contributed by atoms with van der Waals surface area (Å²) < 4.78 is 0. The highest BCUT2D eigenvalue weighted by Crippen LogP contribution is 2.59. The minimum absolute atomic E-state index is 0.0375. The highest BCUT2D eigenvalue weighted by Gasteiger charge is 2.54. The highest BCUT2D eigenvalue weighted by atomic mass is 16.1. The van der Waals surface area contributed by atoms with E-state index in [1.165, 1.54) is 23.1 Å². The number of benzene rings is 1. The molecular formula is C20H23NO. The fourth-order valence-corrected chi connectivity index (χ4v) is 5.72. The van der Waals surface area contributed by atoms with Crippen LogP contribution in [0, 0.1) is 30.7 Å². The van der Waals surface area contributed by atoms with Crippen molar-refractivity contribution in [3.8, 4) is 0 Å². The number of fused-ring (bicyclic) bond motifs is 5. The molecule has 3 aliphatic carbocycles. The Balaban J connectivity index is 1.75. The lowest BCUT2D eigenvalue weighted by atomic mass is 9.55. The van der Waals surface area contributed by atoms with E-state index < -0.39 is 0 Å². The Morgan fingerprint density at radius 1 is 1.23 bits per heavy atom. The Morgan fingerprint density at radius 3 is 2.82 bits per heavy atom. The van der Waals surface area contributed by atoms with Crippen LogP contribution in [0.25, 0.3) is 4.85 Å². The maximum absolute atomic E-state index is 12.4. The molecule has 4 rings (SSSR count). The molecular weight excluding hydrogens is 270 g/mol. The fourth-order valence-electron chi connectivity index (χ4n) is 5.72. The van der Waals surface area contributed by atoms with Crippen LogP contribution >= 0.6 is 0 Å². The quantitative estimate of drug-likeness (QED) is 0.619. The van der Waals surface area contributed by atoms with Gasteiger partial charge in [0.15, 0.2) is 5.69 Å². The highest BCUT2D eigenvalue weighted by molar-refractivity contribution is 5.87. The number of Topliss-reactive ketones (excluding diaryl/α,β-unsaturated/α-hetero) is 1. The number of hydrogen-bond donors (Lipinski definition) is 0. The molecule has 1 aromatic rings. The van der Waals surface area contributed by atoms with E-state index in [2.05, 4.69) is 24.8 Å². The van der Waals surface area contributed by atoms with Gasteiger partial charge in [0, 0.05) is 11.8 Å². The molecule has 114 valence electrons. The van der Waals surface area contributed by atoms with Gasteiger partial charge in [-0.2, -0.15) is 0 Å². The Bertz CT molecular complexity index is 698. The molecule has 0 aliphatic heterocycles. The molecule has 4 atom stereocenters. The van der Waals surface area contributed by atoms with Crippen LogP contribution < -0.4 is 0 Å². The van der Waals surface area contributed by atoms with E-state index in [1.54, 1.807) is 0 Å². The van der Waals surface area contributed by atoms with Gasteiger partial charge in [-0.1, -0.05) is 24.6 Å². The molecule has 3 unspecified atom stereocenters. The summed E-state index contributed by atoms with van der Waals surface area (Å²) in [7, 11) is 0. The molecule has 0 aromatic heterocycles. The molecule has 0 amide bonds. The summed E-state index contributed by atoms with van der Waals surface area (Å²) in [5.41, 5.74) is 4.89. The van der Waals surface area contributed by atoms with Crippen molar-refractivity contribution in [2.24, 2.45) is 17.3 Å². The lowest BCUT2D eigenvalue weighted by Gasteiger charge is -2.48. The van der Waals surface area contributed by atoms with Crippen LogP contribution in [0.2, 0.25) is 0 Å². The van der Waals surface area contributed by atoms with Gasteiger partial charge < -0.3 is 0 Å². The molecule has 0 bridgehead atoms. The number of rotatable bonds is 0. The molecule has 22 heavy (non-hydrogen) atoms. The molecule has 0 radical (unpaired) electrons. The van der Waals surface area contributed by atoms with Crippen molar-refractivity contribution >= 4 is 11.5 Å². The van der Waals surface area contributed by atoms with E-state index in [0.717, 1.165) is 37.8 Å². The van der Waals surface area contributed by atoms with Crippen molar-refractivity contribution in [2.75, 3.05) is 0 Å². The number of ketones is 1. The van der Waals surface area contributed by atoms with Gasteiger partial charge in [-0.25, -0.2) is 4.85 Å². The first-order valence-corrected chi connectivity index (χ1v) is 8.59. The third kappa shape index (κ3) is 1.69. The monoisotopic (exact) mass is 293 g/mol. The van der Waals surface area contributed by atoms with Gasteiger partial charge in [-0.15, -0.1) is 0 Å². The Labute approximate surface area is 132 Å². The average Bonchev–Trinajstić information content (AvgIpc) is 2.83. The van der Waals surface area contributed by atoms with Crippen LogP contribution in [0.15, 0.2) is 12.1 Å². The summed E-state index contributed by atoms with van der Waals surface area (Å²) in [6, 6.07) is 4.23. The zero-order chi connectivity index (χ0) is 15.5. The Kier molecular flexibility index (Phi) is 2.98. The molecule has 0 heterocycles. The number of carbonyl (C=O) groups is 1. The van der Waals surface area contributed by atoms with Crippen molar-refractivity contribution in [3.05, 3.63) is 40.2 Å². The van der Waals surface area contributed by atoms with Gasteiger partial charge in [-0.05, 0) is 67.9 Å². The first-order chi connectivity index (χ1) is 10.6. The van der Waals surface area contributed by atoms with Gasteiger partial charge in [0.05, 0.1) is 6.57 Å². The van der Waals surface area contributed by atoms with E-state index >= 15 is 0 Å². The predicted molar refractivity (Wildman–Crippen MR) is 87.1 cm³/mol. The summed E-state index contributed by atoms with van der Waals surface area (Å²) in [5.74, 6) is 2.40. The van der Waals surface area contributed by atoms with E-state index in [9.17, 15) is 4.79 Å². The van der Waals surface area contributed by atoms with E-state index in [1.807, 2.05) is 6.07 Å². The van der Waals surface area contributed by atoms with Gasteiger partial charge in [0.25, 0.3) is 0 Å². The second kappa shape index (κ2) is 4.69. The Hall–Kier alpha value is -1.62. The van der Waals surface area contributed by atoms with Crippen LogP contribution in [0.3, 0.4) is 0 Å². The summed E-state index contributed by atoms with van der Waals surface area (Å²) in [5, 5.41) is 0. The van der Waals surface area contributed by atoms with Gasteiger partial charge in [0.1, 0.15) is 5.78 Å². The first kappa shape index (κ1) is 14.0. The SMILES string of the molecule is [C-]#[N+]c1ccc2c(c1C)CCC1C2CC[C@]2(C)C(=O)CCC12. The van der Waals surface area contributed by atoms with Crippen molar-refractivity contribution in [2.45, 2.75) is 58.3 Å². The van der Waals surface area contributed by atoms with Gasteiger partial charge >= 0.3 is 0 Å². The second-order valence-electron chi connectivity index (χ2n) is 7.72. The third-order valence-corrected chi connectivity index (χ3v) is 7.00. The molecule has 2 fully saturated rings. The largest absolute Gasteiger partial charge is 0.299 e. The molecule has 0 N–H and O–H groups in total. The van der Waals surface area contributed by atoms with Crippen molar-refractivity contribution < 1.29 is 4.79 Å². The standard InChI is InChI=1S/C20H23NO/c1-12-13-4-5-16-15(14(13)6-8-18(12)21-3)10-11-20(2)17(16)7-9-19(20)22/h6,8,15-17H,4-5,7,9-11H2,1-2H3/t15?,16?,17?,20-/m0/s1. The summed E-state index contributed by atoms with van der Waals surface area (Å²) in [6.07, 6.45) is 6.39. The number of nitrogens with zero attached hydrogens (tertiary/aromatic N) is 1. The Morgan fingerprint density at radius 2 is 2.05 bits per heavy atom. The molecule has 2 saturated carbocycles. The lowest BCUT2D eigenvalue weighted by Crippen LogP contribution is -2.42. The molecule has 2 nitrogen and oxygen atoms in total. The number of carbonyl (C=O) groups excluding carboxylic acids is 1. The lowest BCUT2D eigenvalue weighted by molar-refractivity contribution is -0.129. The second-order valence-corrected chi connectivity index (χ2v) is 7.72. The minimum atomic E-state index is -0.0375. The van der Waals surface area contributed by atoms with Crippen LogP contribution in [-0.2, 0) is 11.2 Å². The van der Waals surface area contributed by atoms with Crippen molar-refractivity contribution in [1.29, 1.82) is 0 Å². The van der Waals surface area contributed by atoms with Crippen LogP contribution in [0.5, 0.6) is 0 Å². The summed E-state index contributed by atoms with van der Waals surface area (Å²) in [4.78, 5) is 16.0. The zero-order valence-corrected chi connectivity index (χ0v) is 13.5. The number of hydrogen-bond acceptors (Lipinski definition) is 1. The molecule has 0 saturated heterocycles. The average molecular weight is 293 g/mol. The van der Waals surface area contributed by atoms with Gasteiger partial charge in [0.2, 0.25) is 0 Å². The predicted octanol–water partition coefficient (Wildman–Crippen LogP) is 4.97. The van der Waals surface area contributed by atoms with Crippen LogP contribution in [0.4, 0.5) is 5.69 Å². The maximum atomic E-state index is 12.4. The normalized spacial score (nSPS) is 36.2. The smallest absolute Gasteiger partial charge is 0.190 e. The minimum Gasteiger partial charge on any atom is -0.299 e. The third-order valence-electron chi connectivity index (χ3n) is 7.00. The van der Waals surface area contributed by atoms with Crippen LogP contribution in [-0.4, -0.2) is 5.78 Å². The summed E-state index contributed by atoms with van der Waals surface area (Å²) >= 11 is 0. The van der Waals surface area contributed by atoms with Crippen molar-refractivity contribution in [1.82, 2.24) is 0 Å². The van der Waals surface area contributed by atoms with E-state index in [0.29, 0.717) is 23.5 Å². The van der Waals surface area contributed by atoms with Crippen molar-refractivity contribution in [3.63, 3.8) is 0 Å². The molecule has 2 heteroatoms. The topological polar surface area (TPSA) is 21.4 Å². The van der Waals surface area contributed by atoms with E-state index in [-0.39, 0.29) is 5.41 Å². The molecule has 1 aromatic carbocycles. The van der Waals surface area contributed by atoms with Gasteiger partial charge in [-0.3, -0.25) is 4.79 Å². The zero-order valence-electron chi connectivity index (χ0n) is 13.5. The van der Waals surface area contributed by atoms with Crippen LogP contribution in [0.1, 0.15) is 61.6 Å². The summed E-state index contributed by atoms with van der Waals surface area (Å²) in [6.45, 7) is 11.7. The molecule has 0 spiro atoms. The fraction of sp³-hybridized carbons (Fsp3) is 0.600. The maximum Gasteiger partial charge on any atom is 0.190 e. The van der Waals surface area contributed by atoms with E-state index in [4.69, 9.17) is 6.57 Å². The molecule has 3 aliphatic rings. The first-order valence-electron chi connectivity index (χ1n) is 8.59.